The maximum atomic E-state index is 12.8. The molecule has 1 atom stereocenters. The number of rotatable bonds is 8. The van der Waals surface area contributed by atoms with Crippen molar-refractivity contribution in [3.8, 4) is 0 Å². The van der Waals surface area contributed by atoms with Crippen LogP contribution in [-0.2, 0) is 26.1 Å². The summed E-state index contributed by atoms with van der Waals surface area (Å²) in [4.78, 5) is 29.0. The van der Waals surface area contributed by atoms with Gasteiger partial charge < -0.3 is 14.5 Å². The minimum atomic E-state index is -3.98. The van der Waals surface area contributed by atoms with Crippen molar-refractivity contribution in [2.75, 3.05) is 32.7 Å². The van der Waals surface area contributed by atoms with E-state index in [2.05, 4.69) is 16.5 Å². The van der Waals surface area contributed by atoms with Gasteiger partial charge >= 0.3 is 5.97 Å². The lowest BCUT2D eigenvalue weighted by Gasteiger charge is -2.35. The molecule has 10 heteroatoms. The minimum Gasteiger partial charge on any atom is -0.449 e. The van der Waals surface area contributed by atoms with E-state index in [1.165, 1.54) is 19.1 Å². The molecule has 2 aromatic carbocycles. The fraction of sp³-hybridized carbons (Fsp3) is 0.391. The van der Waals surface area contributed by atoms with Gasteiger partial charge in [-0.25, -0.2) is 17.9 Å². The summed E-state index contributed by atoms with van der Waals surface area (Å²) in [5.41, 5.74) is 0.773. The van der Waals surface area contributed by atoms with Crippen LogP contribution in [0.15, 0.2) is 53.4 Å². The number of halogens is 1. The zero-order valence-electron chi connectivity index (χ0n) is 18.7. The number of amides is 1. The molecule has 33 heavy (non-hydrogen) atoms. The number of ether oxygens (including phenoxy) is 1. The predicted octanol–water partition coefficient (Wildman–Crippen LogP) is 2.53. The standard InChI is InChI=1S/C23H28ClN3O5S/c1-3-26-11-13-27(14-12-26)22(28)17(2)32-23(29)19-9-10-20(24)21(15-19)33(30,31)25-16-18-7-5-4-6-8-18/h4-10,15,17,25H,3,11-14,16H2,1-2H3. The molecule has 3 rings (SSSR count). The Bertz CT molecular complexity index is 1090. The number of esters is 1. The molecule has 0 saturated carbocycles. The zero-order chi connectivity index (χ0) is 24.0. The molecular formula is C23H28ClN3O5S. The van der Waals surface area contributed by atoms with Crippen molar-refractivity contribution in [3.63, 3.8) is 0 Å². The third kappa shape index (κ3) is 6.54. The minimum absolute atomic E-state index is 0.00469. The number of piperazine rings is 1. The molecule has 1 unspecified atom stereocenters. The lowest BCUT2D eigenvalue weighted by Crippen LogP contribution is -2.51. The van der Waals surface area contributed by atoms with Crippen LogP contribution in [-0.4, -0.2) is 68.9 Å². The maximum absolute atomic E-state index is 12.8. The van der Waals surface area contributed by atoms with E-state index in [1.807, 2.05) is 6.07 Å². The summed E-state index contributed by atoms with van der Waals surface area (Å²) < 4.78 is 33.4. The molecule has 178 valence electrons. The molecule has 1 saturated heterocycles. The van der Waals surface area contributed by atoms with Crippen LogP contribution in [0.5, 0.6) is 0 Å². The summed E-state index contributed by atoms with van der Waals surface area (Å²) in [6, 6.07) is 12.9. The second-order valence-corrected chi connectivity index (χ2v) is 9.91. The summed E-state index contributed by atoms with van der Waals surface area (Å²) >= 11 is 6.11. The first-order valence-electron chi connectivity index (χ1n) is 10.8. The number of nitrogens with zero attached hydrogens (tertiary/aromatic N) is 2. The number of hydrogen-bond donors (Lipinski definition) is 1. The highest BCUT2D eigenvalue weighted by Gasteiger charge is 2.28. The molecule has 0 aromatic heterocycles. The van der Waals surface area contributed by atoms with E-state index in [0.29, 0.717) is 13.1 Å². The van der Waals surface area contributed by atoms with Crippen LogP contribution in [0.25, 0.3) is 0 Å². The molecule has 1 aliphatic rings. The van der Waals surface area contributed by atoms with E-state index < -0.39 is 22.1 Å². The number of hydrogen-bond acceptors (Lipinski definition) is 6. The van der Waals surface area contributed by atoms with Crippen LogP contribution >= 0.6 is 11.6 Å². The predicted molar refractivity (Wildman–Crippen MR) is 125 cm³/mol. The summed E-state index contributed by atoms with van der Waals surface area (Å²) in [5.74, 6) is -1.07. The van der Waals surface area contributed by atoms with E-state index in [-0.39, 0.29) is 27.9 Å². The summed E-state index contributed by atoms with van der Waals surface area (Å²) in [6.45, 7) is 7.28. The van der Waals surface area contributed by atoms with E-state index in [9.17, 15) is 18.0 Å². The van der Waals surface area contributed by atoms with Crippen molar-refractivity contribution in [2.24, 2.45) is 0 Å². The van der Waals surface area contributed by atoms with E-state index in [0.717, 1.165) is 31.3 Å². The molecule has 1 heterocycles. The molecule has 0 aliphatic carbocycles. The highest BCUT2D eigenvalue weighted by molar-refractivity contribution is 7.89. The average Bonchev–Trinajstić information content (AvgIpc) is 2.83. The normalized spacial score (nSPS) is 15.8. The third-order valence-corrected chi connectivity index (χ3v) is 7.41. The molecule has 1 amide bonds. The highest BCUT2D eigenvalue weighted by atomic mass is 35.5. The van der Waals surface area contributed by atoms with Crippen LogP contribution in [0.4, 0.5) is 0 Å². The Morgan fingerprint density at radius 2 is 1.76 bits per heavy atom. The largest absolute Gasteiger partial charge is 0.449 e. The molecule has 8 nitrogen and oxygen atoms in total. The highest BCUT2D eigenvalue weighted by Crippen LogP contribution is 2.24. The van der Waals surface area contributed by atoms with Crippen molar-refractivity contribution >= 4 is 33.5 Å². The van der Waals surface area contributed by atoms with Gasteiger partial charge in [0, 0.05) is 32.7 Å². The Morgan fingerprint density at radius 3 is 2.39 bits per heavy atom. The van der Waals surface area contributed by atoms with Crippen molar-refractivity contribution in [1.29, 1.82) is 0 Å². The first kappa shape index (κ1) is 25.2. The lowest BCUT2D eigenvalue weighted by molar-refractivity contribution is -0.141. The summed E-state index contributed by atoms with van der Waals surface area (Å²) in [6.07, 6.45) is -0.988. The fourth-order valence-corrected chi connectivity index (χ4v) is 5.05. The fourth-order valence-electron chi connectivity index (χ4n) is 3.51. The van der Waals surface area contributed by atoms with Gasteiger partial charge in [-0.05, 0) is 37.2 Å². The second kappa shape index (κ2) is 11.1. The molecule has 1 fully saturated rings. The van der Waals surface area contributed by atoms with Crippen molar-refractivity contribution < 1.29 is 22.7 Å². The van der Waals surface area contributed by atoms with Crippen LogP contribution in [0.2, 0.25) is 5.02 Å². The van der Waals surface area contributed by atoms with Crippen LogP contribution in [0, 0.1) is 0 Å². The van der Waals surface area contributed by atoms with Gasteiger partial charge in [-0.3, -0.25) is 4.79 Å². The molecule has 0 spiro atoms. The first-order valence-corrected chi connectivity index (χ1v) is 12.6. The molecule has 0 bridgehead atoms. The van der Waals surface area contributed by atoms with Gasteiger partial charge in [-0.15, -0.1) is 0 Å². The Morgan fingerprint density at radius 1 is 1.09 bits per heavy atom. The molecular weight excluding hydrogens is 466 g/mol. The number of carbonyl (C=O) groups is 2. The van der Waals surface area contributed by atoms with Crippen LogP contribution < -0.4 is 4.72 Å². The number of likely N-dealkylation sites (N-methyl/N-ethyl adjacent to an activating group) is 1. The molecule has 2 aromatic rings. The maximum Gasteiger partial charge on any atom is 0.338 e. The number of benzene rings is 2. The van der Waals surface area contributed by atoms with Crippen LogP contribution in [0.3, 0.4) is 0 Å². The monoisotopic (exact) mass is 493 g/mol. The van der Waals surface area contributed by atoms with Gasteiger partial charge in [0.2, 0.25) is 10.0 Å². The van der Waals surface area contributed by atoms with Crippen molar-refractivity contribution in [1.82, 2.24) is 14.5 Å². The summed E-state index contributed by atoms with van der Waals surface area (Å²) in [5, 5.41) is -0.0231. The number of carbonyl (C=O) groups excluding carboxylic acids is 2. The Kier molecular flexibility index (Phi) is 8.47. The number of sulfonamides is 1. The van der Waals surface area contributed by atoms with Crippen molar-refractivity contribution in [2.45, 2.75) is 31.4 Å². The lowest BCUT2D eigenvalue weighted by atomic mass is 10.2. The summed E-state index contributed by atoms with van der Waals surface area (Å²) in [7, 11) is -3.98. The van der Waals surface area contributed by atoms with Gasteiger partial charge in [0.15, 0.2) is 6.10 Å². The smallest absolute Gasteiger partial charge is 0.338 e. The topological polar surface area (TPSA) is 96.0 Å². The van der Waals surface area contributed by atoms with Gasteiger partial charge in [-0.2, -0.15) is 0 Å². The Balaban J connectivity index is 1.66. The SMILES string of the molecule is CCN1CCN(C(=O)C(C)OC(=O)c2ccc(Cl)c(S(=O)(=O)NCc3ccccc3)c2)CC1. The van der Waals surface area contributed by atoms with E-state index >= 15 is 0 Å². The average molecular weight is 494 g/mol. The second-order valence-electron chi connectivity index (χ2n) is 7.76. The van der Waals surface area contributed by atoms with Gasteiger partial charge in [0.1, 0.15) is 4.90 Å². The Labute approximate surface area is 199 Å². The van der Waals surface area contributed by atoms with Crippen LogP contribution in [0.1, 0.15) is 29.8 Å². The van der Waals surface area contributed by atoms with Gasteiger partial charge in [-0.1, -0.05) is 48.9 Å². The third-order valence-electron chi connectivity index (χ3n) is 5.53. The Hall–Kier alpha value is -2.46. The van der Waals surface area contributed by atoms with E-state index in [1.54, 1.807) is 29.2 Å². The van der Waals surface area contributed by atoms with Gasteiger partial charge in [0.25, 0.3) is 5.91 Å². The molecule has 1 aliphatic heterocycles. The van der Waals surface area contributed by atoms with Crippen molar-refractivity contribution in [3.05, 3.63) is 64.7 Å². The van der Waals surface area contributed by atoms with E-state index in [4.69, 9.17) is 16.3 Å². The number of nitrogens with one attached hydrogen (secondary N) is 1. The molecule has 0 radical (unpaired) electrons. The first-order chi connectivity index (χ1) is 15.7. The molecule has 1 N–H and O–H groups in total. The zero-order valence-corrected chi connectivity index (χ0v) is 20.2. The quantitative estimate of drug-likeness (QED) is 0.568. The van der Waals surface area contributed by atoms with Gasteiger partial charge in [0.05, 0.1) is 10.6 Å².